The average molecular weight is 244 g/mol. The van der Waals surface area contributed by atoms with Crippen LogP contribution in [0.4, 0.5) is 0 Å². The van der Waals surface area contributed by atoms with E-state index in [9.17, 15) is 4.79 Å². The lowest BCUT2D eigenvalue weighted by molar-refractivity contribution is 0.898. The minimum absolute atomic E-state index is 0.197. The van der Waals surface area contributed by atoms with Crippen LogP contribution in [0.1, 0.15) is 0 Å². The highest BCUT2D eigenvalue weighted by Crippen LogP contribution is 2.27. The summed E-state index contributed by atoms with van der Waals surface area (Å²) < 4.78 is 1.79. The third kappa shape index (κ3) is 1.90. The number of nitrogens with one attached hydrogen (secondary N) is 1. The lowest BCUT2D eigenvalue weighted by Crippen LogP contribution is -2.05. The molecule has 6 heteroatoms. The van der Waals surface area contributed by atoms with Crippen molar-refractivity contribution in [3.05, 3.63) is 53.1 Å². The van der Waals surface area contributed by atoms with Gasteiger partial charge in [0.15, 0.2) is 0 Å². The Kier molecular flexibility index (Phi) is 2.34. The average Bonchev–Trinajstić information content (AvgIpc) is 3.00. The topological polar surface area (TPSA) is 63.6 Å². The maximum Gasteiger partial charge on any atom is 0.264 e. The van der Waals surface area contributed by atoms with Crippen LogP contribution in [0, 0.1) is 0 Å². The van der Waals surface area contributed by atoms with Gasteiger partial charge in [-0.1, -0.05) is 0 Å². The Hall–Kier alpha value is -2.21. The lowest BCUT2D eigenvalue weighted by Gasteiger charge is -1.95. The second-order valence-corrected chi connectivity index (χ2v) is 4.46. The molecular weight excluding hydrogens is 236 g/mol. The summed E-state index contributed by atoms with van der Waals surface area (Å²) in [6.07, 6.45) is 3.62. The van der Waals surface area contributed by atoms with E-state index in [-0.39, 0.29) is 5.56 Å². The summed E-state index contributed by atoms with van der Waals surface area (Å²) >= 11 is 1.57. The van der Waals surface area contributed by atoms with Crippen molar-refractivity contribution in [3.8, 4) is 15.6 Å². The molecule has 0 saturated carbocycles. The molecule has 3 heterocycles. The molecule has 3 aromatic rings. The zero-order valence-corrected chi connectivity index (χ0v) is 9.52. The fourth-order valence-corrected chi connectivity index (χ4v) is 2.39. The summed E-state index contributed by atoms with van der Waals surface area (Å²) in [4.78, 5) is 11.9. The van der Waals surface area contributed by atoms with Gasteiger partial charge < -0.3 is 0 Å². The molecule has 3 aromatic heterocycles. The number of aromatic amines is 1. The number of aromatic nitrogens is 4. The van der Waals surface area contributed by atoms with Gasteiger partial charge in [-0.3, -0.25) is 4.79 Å². The summed E-state index contributed by atoms with van der Waals surface area (Å²) in [6, 6.07) is 8.98. The highest BCUT2D eigenvalue weighted by Gasteiger charge is 2.05. The lowest BCUT2D eigenvalue weighted by atomic mass is 10.3. The van der Waals surface area contributed by atoms with Crippen molar-refractivity contribution >= 4 is 11.3 Å². The number of rotatable bonds is 2. The third-order valence-corrected chi connectivity index (χ3v) is 3.35. The van der Waals surface area contributed by atoms with E-state index in [1.54, 1.807) is 28.3 Å². The molecule has 0 unspecified atom stereocenters. The van der Waals surface area contributed by atoms with Crippen LogP contribution < -0.4 is 5.56 Å². The highest BCUT2D eigenvalue weighted by molar-refractivity contribution is 7.17. The predicted molar refractivity (Wildman–Crippen MR) is 65.3 cm³/mol. The third-order valence-electron chi connectivity index (χ3n) is 2.25. The zero-order valence-electron chi connectivity index (χ0n) is 8.70. The van der Waals surface area contributed by atoms with Crippen LogP contribution in [-0.4, -0.2) is 20.0 Å². The Balaban J connectivity index is 2.00. The van der Waals surface area contributed by atoms with E-state index in [2.05, 4.69) is 15.3 Å². The predicted octanol–water partition coefficient (Wildman–Crippen LogP) is 1.68. The molecule has 84 valence electrons. The van der Waals surface area contributed by atoms with Crippen molar-refractivity contribution < 1.29 is 0 Å². The summed E-state index contributed by atoms with van der Waals surface area (Å²) in [7, 11) is 0. The summed E-state index contributed by atoms with van der Waals surface area (Å²) in [5, 5.41) is 11.6. The smallest absolute Gasteiger partial charge is 0.264 e. The molecule has 0 atom stereocenters. The molecule has 0 bridgehead atoms. The van der Waals surface area contributed by atoms with Gasteiger partial charge >= 0.3 is 0 Å². The summed E-state index contributed by atoms with van der Waals surface area (Å²) in [5.41, 5.74) is 0.561. The largest absolute Gasteiger partial charge is 0.268 e. The van der Waals surface area contributed by atoms with Crippen LogP contribution in [0.5, 0.6) is 0 Å². The molecule has 0 aromatic carbocycles. The molecule has 0 amide bonds. The number of H-pyrrole nitrogens is 1. The minimum Gasteiger partial charge on any atom is -0.268 e. The molecule has 1 N–H and O–H groups in total. The molecule has 0 aliphatic carbocycles. The zero-order chi connectivity index (χ0) is 11.7. The molecule has 0 aliphatic heterocycles. The SMILES string of the molecule is O=c1ccc(-c2ccc(-n3cccn3)s2)n[nH]1. The van der Waals surface area contributed by atoms with Crippen LogP contribution in [0.3, 0.4) is 0 Å². The van der Waals surface area contributed by atoms with Gasteiger partial charge in [0.25, 0.3) is 5.56 Å². The van der Waals surface area contributed by atoms with E-state index >= 15 is 0 Å². The summed E-state index contributed by atoms with van der Waals surface area (Å²) in [5.74, 6) is 0. The second kappa shape index (κ2) is 3.99. The van der Waals surface area contributed by atoms with Crippen LogP contribution in [0.25, 0.3) is 15.6 Å². The van der Waals surface area contributed by atoms with Gasteiger partial charge in [-0.15, -0.1) is 11.3 Å². The Morgan fingerprint density at radius 3 is 2.88 bits per heavy atom. The molecule has 3 rings (SSSR count). The molecule has 17 heavy (non-hydrogen) atoms. The molecule has 0 fully saturated rings. The van der Waals surface area contributed by atoms with Crippen molar-refractivity contribution in [1.82, 2.24) is 20.0 Å². The molecule has 0 radical (unpaired) electrons. The second-order valence-electron chi connectivity index (χ2n) is 3.39. The van der Waals surface area contributed by atoms with Crippen molar-refractivity contribution in [2.75, 3.05) is 0 Å². The number of nitrogens with zero attached hydrogens (tertiary/aromatic N) is 3. The maximum absolute atomic E-state index is 10.9. The Morgan fingerprint density at radius 2 is 2.18 bits per heavy atom. The first-order chi connectivity index (χ1) is 8.33. The minimum atomic E-state index is -0.197. The fraction of sp³-hybridized carbons (Fsp3) is 0. The molecule has 0 aliphatic rings. The van der Waals surface area contributed by atoms with Crippen LogP contribution >= 0.6 is 11.3 Å². The normalized spacial score (nSPS) is 10.6. The van der Waals surface area contributed by atoms with Gasteiger partial charge in [-0.25, -0.2) is 9.78 Å². The first-order valence-corrected chi connectivity index (χ1v) is 5.80. The first kappa shape index (κ1) is 9.98. The van der Waals surface area contributed by atoms with Gasteiger partial charge in [0.1, 0.15) is 10.7 Å². The quantitative estimate of drug-likeness (QED) is 0.746. The number of hydrogen-bond donors (Lipinski definition) is 1. The van der Waals surface area contributed by atoms with E-state index in [0.717, 1.165) is 15.6 Å². The highest BCUT2D eigenvalue weighted by atomic mass is 32.1. The molecule has 5 nitrogen and oxygen atoms in total. The monoisotopic (exact) mass is 244 g/mol. The Morgan fingerprint density at radius 1 is 1.24 bits per heavy atom. The maximum atomic E-state index is 10.9. The van der Waals surface area contributed by atoms with E-state index in [1.807, 2.05) is 24.4 Å². The molecule has 0 spiro atoms. The first-order valence-electron chi connectivity index (χ1n) is 4.99. The van der Waals surface area contributed by atoms with E-state index < -0.39 is 0 Å². The van der Waals surface area contributed by atoms with Crippen molar-refractivity contribution in [2.24, 2.45) is 0 Å². The van der Waals surface area contributed by atoms with Crippen LogP contribution in [0.15, 0.2) is 47.5 Å². The molecular formula is C11H8N4OS. The van der Waals surface area contributed by atoms with Gasteiger partial charge in [-0.05, 0) is 24.3 Å². The van der Waals surface area contributed by atoms with Crippen LogP contribution in [-0.2, 0) is 0 Å². The van der Waals surface area contributed by atoms with Gasteiger partial charge in [-0.2, -0.15) is 10.2 Å². The Bertz CT molecular complexity index is 663. The van der Waals surface area contributed by atoms with Gasteiger partial charge in [0.2, 0.25) is 0 Å². The van der Waals surface area contributed by atoms with E-state index in [4.69, 9.17) is 0 Å². The number of hydrogen-bond acceptors (Lipinski definition) is 4. The summed E-state index contributed by atoms with van der Waals surface area (Å²) in [6.45, 7) is 0. The van der Waals surface area contributed by atoms with Crippen molar-refractivity contribution in [3.63, 3.8) is 0 Å². The van der Waals surface area contributed by atoms with E-state index in [1.165, 1.54) is 6.07 Å². The van der Waals surface area contributed by atoms with Gasteiger partial charge in [0, 0.05) is 18.5 Å². The fourth-order valence-electron chi connectivity index (χ4n) is 1.47. The van der Waals surface area contributed by atoms with Gasteiger partial charge in [0.05, 0.1) is 4.88 Å². The van der Waals surface area contributed by atoms with E-state index in [0.29, 0.717) is 0 Å². The van der Waals surface area contributed by atoms with Crippen molar-refractivity contribution in [2.45, 2.75) is 0 Å². The standard InChI is InChI=1S/C11H8N4OS/c16-10-4-2-8(13-14-10)9-3-5-11(17-9)15-7-1-6-12-15/h1-7H,(H,14,16). The van der Waals surface area contributed by atoms with Crippen molar-refractivity contribution in [1.29, 1.82) is 0 Å². The molecule has 0 saturated heterocycles. The Labute approximate surface area is 100 Å². The number of thiophene rings is 1. The van der Waals surface area contributed by atoms with Crippen LogP contribution in [0.2, 0.25) is 0 Å².